The largest absolute Gasteiger partial charge is 0.441 e. The van der Waals surface area contributed by atoms with Crippen molar-refractivity contribution >= 4 is 11.7 Å². The lowest BCUT2D eigenvalue weighted by atomic mass is 10.1. The number of carbonyl (C=O) groups is 1. The smallest absolute Gasteiger partial charge is 0.272 e. The van der Waals surface area contributed by atoms with Gasteiger partial charge in [-0.25, -0.2) is 13.8 Å². The molecule has 9 heteroatoms. The number of hydrogen-bond acceptors (Lipinski definition) is 5. The Morgan fingerprint density at radius 1 is 1.24 bits per heavy atom. The van der Waals surface area contributed by atoms with E-state index in [1.54, 1.807) is 4.90 Å². The molecule has 128 valence electrons. The van der Waals surface area contributed by atoms with Crippen LogP contribution in [0.5, 0.6) is 0 Å². The number of fused-ring (bicyclic) bond motifs is 1. The summed E-state index contributed by atoms with van der Waals surface area (Å²) in [7, 11) is 0. The molecule has 0 atom stereocenters. The Balaban J connectivity index is 1.60. The quantitative estimate of drug-likeness (QED) is 0.741. The second kappa shape index (κ2) is 5.69. The summed E-state index contributed by atoms with van der Waals surface area (Å²) in [6.07, 6.45) is 0.454. The van der Waals surface area contributed by atoms with Crippen molar-refractivity contribution < 1.29 is 18.0 Å². The molecule has 0 spiro atoms. The lowest BCUT2D eigenvalue weighted by molar-refractivity contribution is 0.0722. The van der Waals surface area contributed by atoms with Gasteiger partial charge in [0, 0.05) is 30.7 Å². The third kappa shape index (κ3) is 2.84. The van der Waals surface area contributed by atoms with Crippen molar-refractivity contribution in [1.82, 2.24) is 20.1 Å². The van der Waals surface area contributed by atoms with Crippen LogP contribution in [0, 0.1) is 11.6 Å². The average molecular weight is 345 g/mol. The number of rotatable bonds is 2. The number of nitrogens with one attached hydrogen (secondary N) is 1. The van der Waals surface area contributed by atoms with Gasteiger partial charge in [0.15, 0.2) is 0 Å². The Kier molecular flexibility index (Phi) is 3.48. The number of aromatic amines is 1. The minimum atomic E-state index is -0.709. The number of anilines is 1. The molecule has 3 heterocycles. The first-order chi connectivity index (χ1) is 12.0. The van der Waals surface area contributed by atoms with E-state index in [-0.39, 0.29) is 35.4 Å². The van der Waals surface area contributed by atoms with Crippen LogP contribution >= 0.6 is 0 Å². The molecule has 2 aromatic heterocycles. The Labute approximate surface area is 140 Å². The Morgan fingerprint density at radius 3 is 2.68 bits per heavy atom. The third-order valence-corrected chi connectivity index (χ3v) is 3.95. The zero-order valence-corrected chi connectivity index (χ0v) is 12.9. The van der Waals surface area contributed by atoms with Crippen molar-refractivity contribution in [2.75, 3.05) is 12.3 Å². The summed E-state index contributed by atoms with van der Waals surface area (Å²) in [6, 6.07) is 4.54. The van der Waals surface area contributed by atoms with Crippen molar-refractivity contribution in [3.63, 3.8) is 0 Å². The fourth-order valence-electron chi connectivity index (χ4n) is 2.79. The number of aromatic nitrogens is 3. The first-order valence-corrected chi connectivity index (χ1v) is 7.55. The highest BCUT2D eigenvalue weighted by molar-refractivity contribution is 5.93. The number of halogens is 2. The summed E-state index contributed by atoms with van der Waals surface area (Å²) < 4.78 is 32.4. The van der Waals surface area contributed by atoms with Crippen LogP contribution in [0.1, 0.15) is 21.9 Å². The van der Waals surface area contributed by atoms with Gasteiger partial charge in [-0.2, -0.15) is 5.10 Å². The summed E-state index contributed by atoms with van der Waals surface area (Å²) >= 11 is 0. The minimum absolute atomic E-state index is 0.128. The number of nitrogens with two attached hydrogens (primary N) is 1. The molecule has 0 bridgehead atoms. The molecule has 25 heavy (non-hydrogen) atoms. The van der Waals surface area contributed by atoms with Gasteiger partial charge >= 0.3 is 0 Å². The Bertz CT molecular complexity index is 945. The minimum Gasteiger partial charge on any atom is -0.441 e. The van der Waals surface area contributed by atoms with Crippen LogP contribution in [-0.2, 0) is 13.0 Å². The zero-order valence-electron chi connectivity index (χ0n) is 12.9. The Morgan fingerprint density at radius 2 is 2.00 bits per heavy atom. The molecule has 0 aliphatic carbocycles. The first kappa shape index (κ1) is 15.3. The van der Waals surface area contributed by atoms with E-state index in [9.17, 15) is 13.6 Å². The molecule has 0 saturated carbocycles. The van der Waals surface area contributed by atoms with Crippen molar-refractivity contribution in [2.45, 2.75) is 13.0 Å². The molecule has 1 aromatic carbocycles. The van der Waals surface area contributed by atoms with Crippen LogP contribution in [0.25, 0.3) is 11.5 Å². The predicted molar refractivity (Wildman–Crippen MR) is 83.3 cm³/mol. The number of hydrogen-bond donors (Lipinski definition) is 2. The second-order valence-electron chi connectivity index (χ2n) is 5.73. The monoisotopic (exact) mass is 345 g/mol. The molecule has 1 aliphatic rings. The molecule has 1 amide bonds. The topological polar surface area (TPSA) is 101 Å². The lowest BCUT2D eigenvalue weighted by Gasteiger charge is -2.24. The average Bonchev–Trinajstić information content (AvgIpc) is 3.18. The fourth-order valence-corrected chi connectivity index (χ4v) is 2.79. The summed E-state index contributed by atoms with van der Waals surface area (Å²) in [5, 5.41) is 6.31. The number of benzene rings is 1. The van der Waals surface area contributed by atoms with Gasteiger partial charge in [0.1, 0.15) is 34.6 Å². The molecule has 3 N–H and O–H groups in total. The van der Waals surface area contributed by atoms with Gasteiger partial charge in [-0.15, -0.1) is 0 Å². The molecular weight excluding hydrogens is 332 g/mol. The highest BCUT2D eigenvalue weighted by atomic mass is 19.1. The van der Waals surface area contributed by atoms with Crippen molar-refractivity contribution in [2.24, 2.45) is 0 Å². The van der Waals surface area contributed by atoms with Crippen LogP contribution in [0.4, 0.5) is 14.6 Å². The van der Waals surface area contributed by atoms with Crippen LogP contribution < -0.4 is 5.73 Å². The van der Waals surface area contributed by atoms with Gasteiger partial charge in [0.05, 0.1) is 6.54 Å². The van der Waals surface area contributed by atoms with Gasteiger partial charge < -0.3 is 15.1 Å². The van der Waals surface area contributed by atoms with E-state index in [1.165, 1.54) is 6.07 Å². The van der Waals surface area contributed by atoms with Gasteiger partial charge in [0.25, 0.3) is 5.91 Å². The molecular formula is C16H13F2N5O2. The second-order valence-corrected chi connectivity index (χ2v) is 5.73. The van der Waals surface area contributed by atoms with Crippen LogP contribution in [0.15, 0.2) is 28.7 Å². The molecule has 0 unspecified atom stereocenters. The maximum absolute atomic E-state index is 13.4. The Hall–Kier alpha value is -3.23. The van der Waals surface area contributed by atoms with E-state index in [0.29, 0.717) is 24.4 Å². The SMILES string of the molecule is Nc1cc(C(=O)N2CCc3oc(-c4cc(F)cc(F)c4)nc3C2)[nH]n1. The number of H-pyrrole nitrogens is 1. The highest BCUT2D eigenvalue weighted by Crippen LogP contribution is 2.27. The molecule has 3 aromatic rings. The first-order valence-electron chi connectivity index (χ1n) is 7.55. The third-order valence-electron chi connectivity index (χ3n) is 3.95. The van der Waals surface area contributed by atoms with E-state index in [4.69, 9.17) is 10.2 Å². The number of nitrogen functional groups attached to an aromatic ring is 1. The molecule has 0 saturated heterocycles. The summed E-state index contributed by atoms with van der Waals surface area (Å²) in [4.78, 5) is 18.3. The van der Waals surface area contributed by atoms with E-state index in [1.807, 2.05) is 0 Å². The molecule has 0 fully saturated rings. The van der Waals surface area contributed by atoms with Gasteiger partial charge in [0.2, 0.25) is 5.89 Å². The van der Waals surface area contributed by atoms with Crippen LogP contribution in [0.2, 0.25) is 0 Å². The van der Waals surface area contributed by atoms with Crippen molar-refractivity contribution in [3.05, 3.63) is 53.0 Å². The normalized spacial score (nSPS) is 13.8. The lowest BCUT2D eigenvalue weighted by Crippen LogP contribution is -2.36. The van der Waals surface area contributed by atoms with Crippen LogP contribution in [0.3, 0.4) is 0 Å². The molecule has 1 aliphatic heterocycles. The maximum atomic E-state index is 13.4. The summed E-state index contributed by atoms with van der Waals surface area (Å²) in [6.45, 7) is 0.658. The standard InChI is InChI=1S/C16H13F2N5O2/c17-9-3-8(4-10(18)5-9)15-20-12-7-23(2-1-13(12)25-15)16(24)11-6-14(19)22-21-11/h3-6H,1-2,7H2,(H3,19,21,22). The maximum Gasteiger partial charge on any atom is 0.272 e. The fraction of sp³-hybridized carbons (Fsp3) is 0.188. The number of nitrogens with zero attached hydrogens (tertiary/aromatic N) is 3. The predicted octanol–water partition coefficient (Wildman–Crippen LogP) is 2.12. The van der Waals surface area contributed by atoms with Gasteiger partial charge in [-0.1, -0.05) is 0 Å². The molecule has 0 radical (unpaired) electrons. The van der Waals surface area contributed by atoms with E-state index in [2.05, 4.69) is 15.2 Å². The zero-order chi connectivity index (χ0) is 17.6. The highest BCUT2D eigenvalue weighted by Gasteiger charge is 2.27. The van der Waals surface area contributed by atoms with E-state index < -0.39 is 11.6 Å². The van der Waals surface area contributed by atoms with Gasteiger partial charge in [-0.3, -0.25) is 9.89 Å². The van der Waals surface area contributed by atoms with Gasteiger partial charge in [-0.05, 0) is 12.1 Å². The number of oxazole rings is 1. The summed E-state index contributed by atoms with van der Waals surface area (Å²) in [5.41, 5.74) is 6.58. The van der Waals surface area contributed by atoms with E-state index >= 15 is 0 Å². The number of amides is 1. The van der Waals surface area contributed by atoms with E-state index in [0.717, 1.165) is 18.2 Å². The molecule has 4 rings (SSSR count). The summed E-state index contributed by atoms with van der Waals surface area (Å²) in [5.74, 6) is -0.704. The van der Waals surface area contributed by atoms with Crippen molar-refractivity contribution in [1.29, 1.82) is 0 Å². The number of carbonyl (C=O) groups excluding carboxylic acids is 1. The van der Waals surface area contributed by atoms with Crippen molar-refractivity contribution in [3.8, 4) is 11.5 Å². The molecule has 7 nitrogen and oxygen atoms in total. The van der Waals surface area contributed by atoms with Crippen LogP contribution in [-0.4, -0.2) is 32.5 Å².